The van der Waals surface area contributed by atoms with Gasteiger partial charge in [0, 0.05) is 32.7 Å². The van der Waals surface area contributed by atoms with Gasteiger partial charge in [0.1, 0.15) is 0 Å². The standard InChI is InChI=1S/C3H9Si.Sn/c1-4(2)3;/h1-3H3;. The van der Waals surface area contributed by atoms with Gasteiger partial charge in [-0.15, -0.1) is 0 Å². The predicted molar refractivity (Wildman–Crippen MR) is 29.1 cm³/mol. The van der Waals surface area contributed by atoms with E-state index in [1.54, 1.807) is 0 Å². The SMILES string of the molecule is C[Si](C)C.[Sn]. The third-order valence-electron chi connectivity index (χ3n) is 0. The zero-order chi connectivity index (χ0) is 3.58. The molecule has 0 N–H and O–H groups in total. The van der Waals surface area contributed by atoms with Gasteiger partial charge in [0.05, 0.1) is 0 Å². The van der Waals surface area contributed by atoms with Crippen LogP contribution in [0.5, 0.6) is 0 Å². The van der Waals surface area contributed by atoms with Gasteiger partial charge in [0.25, 0.3) is 0 Å². The Morgan fingerprint density at radius 3 is 1.00 bits per heavy atom. The fourth-order valence-corrected chi connectivity index (χ4v) is 0. The first-order valence-corrected chi connectivity index (χ1v) is 4.50. The first-order valence-electron chi connectivity index (χ1n) is 1.50. The van der Waals surface area contributed by atoms with E-state index in [2.05, 4.69) is 19.6 Å². The van der Waals surface area contributed by atoms with Crippen molar-refractivity contribution in [3.8, 4) is 0 Å². The first-order chi connectivity index (χ1) is 1.73. The fraction of sp³-hybridized carbons (Fsp3) is 1.00. The molecule has 0 aliphatic rings. The average molecular weight is 192 g/mol. The largest absolute Gasteiger partial charge is 0.0715 e. The number of hydrogen-bond acceptors (Lipinski definition) is 0. The fourth-order valence-electron chi connectivity index (χ4n) is 0. The Morgan fingerprint density at radius 1 is 1.00 bits per heavy atom. The van der Waals surface area contributed by atoms with Gasteiger partial charge in [-0.05, 0) is 0 Å². The maximum absolute atomic E-state index is 2.27. The molecule has 0 saturated heterocycles. The van der Waals surface area contributed by atoms with Crippen LogP contribution in [-0.2, 0) is 0 Å². The van der Waals surface area contributed by atoms with Crippen LogP contribution in [0.4, 0.5) is 0 Å². The molecule has 0 fully saturated rings. The van der Waals surface area contributed by atoms with Gasteiger partial charge in [-0.1, -0.05) is 19.6 Å². The van der Waals surface area contributed by atoms with Crippen molar-refractivity contribution in [2.45, 2.75) is 19.6 Å². The molecule has 0 aromatic rings. The molecule has 0 rings (SSSR count). The van der Waals surface area contributed by atoms with E-state index in [9.17, 15) is 0 Å². The van der Waals surface area contributed by atoms with E-state index in [0.717, 1.165) is 0 Å². The minimum absolute atomic E-state index is 0. The molecule has 5 heavy (non-hydrogen) atoms. The van der Waals surface area contributed by atoms with Crippen LogP contribution in [0.1, 0.15) is 0 Å². The minimum Gasteiger partial charge on any atom is -0.0715 e. The molecule has 0 aromatic carbocycles. The molecule has 0 aromatic heterocycles. The normalized spacial score (nSPS) is 7.20. The zero-order valence-corrected chi connectivity index (χ0v) is 7.85. The van der Waals surface area contributed by atoms with E-state index in [1.165, 1.54) is 0 Å². The summed E-state index contributed by atoms with van der Waals surface area (Å²) >= 11 is 0. The van der Waals surface area contributed by atoms with Crippen molar-refractivity contribution in [1.29, 1.82) is 0 Å². The predicted octanol–water partition coefficient (Wildman–Crippen LogP) is 0.990. The van der Waals surface area contributed by atoms with Gasteiger partial charge in [-0.25, -0.2) is 0 Å². The summed E-state index contributed by atoms with van der Waals surface area (Å²) in [7, 11) is 0.120. The zero-order valence-electron chi connectivity index (χ0n) is 4.00. The van der Waals surface area contributed by atoms with Crippen LogP contribution in [0.3, 0.4) is 0 Å². The third-order valence-corrected chi connectivity index (χ3v) is 0. The molecule has 0 spiro atoms. The van der Waals surface area contributed by atoms with E-state index in [-0.39, 0.29) is 32.7 Å². The molecular formula is C3H9SiSn. The Kier molecular flexibility index (Phi) is 9.41. The summed E-state index contributed by atoms with van der Waals surface area (Å²) < 4.78 is 0. The Hall–Kier alpha value is 1.02. The Labute approximate surface area is 52.5 Å². The van der Waals surface area contributed by atoms with Crippen LogP contribution < -0.4 is 0 Å². The van der Waals surface area contributed by atoms with Crippen molar-refractivity contribution in [3.63, 3.8) is 0 Å². The molecule has 0 unspecified atom stereocenters. The van der Waals surface area contributed by atoms with Crippen LogP contribution >= 0.6 is 0 Å². The van der Waals surface area contributed by atoms with Crippen molar-refractivity contribution < 1.29 is 0 Å². The van der Waals surface area contributed by atoms with Crippen LogP contribution in [-0.4, -0.2) is 32.7 Å². The van der Waals surface area contributed by atoms with E-state index < -0.39 is 0 Å². The molecule has 0 heterocycles. The van der Waals surface area contributed by atoms with Gasteiger partial charge in [-0.3, -0.25) is 0 Å². The van der Waals surface area contributed by atoms with E-state index >= 15 is 0 Å². The third kappa shape index (κ3) is 44.2. The topological polar surface area (TPSA) is 0 Å². The second-order valence-corrected chi connectivity index (χ2v) is 4.50. The minimum atomic E-state index is 0. The summed E-state index contributed by atoms with van der Waals surface area (Å²) in [6.45, 7) is 6.81. The van der Waals surface area contributed by atoms with Gasteiger partial charge in [0.2, 0.25) is 0 Å². The summed E-state index contributed by atoms with van der Waals surface area (Å²) in [5, 5.41) is 0. The summed E-state index contributed by atoms with van der Waals surface area (Å²) in [6.07, 6.45) is 0. The summed E-state index contributed by atoms with van der Waals surface area (Å²) in [5.74, 6) is 0. The summed E-state index contributed by atoms with van der Waals surface area (Å²) in [5.41, 5.74) is 0. The number of rotatable bonds is 0. The number of hydrogen-bond donors (Lipinski definition) is 0. The molecule has 0 aliphatic carbocycles. The van der Waals surface area contributed by atoms with Crippen molar-refractivity contribution in [2.75, 3.05) is 0 Å². The second-order valence-electron chi connectivity index (χ2n) is 1.50. The molecule has 0 amide bonds. The molecule has 0 saturated carbocycles. The monoisotopic (exact) mass is 193 g/mol. The Balaban J connectivity index is 0. The average Bonchev–Trinajstić information content (AvgIpc) is 0.811. The van der Waals surface area contributed by atoms with Crippen LogP contribution in [0, 0.1) is 0 Å². The maximum Gasteiger partial charge on any atom is 0.0379 e. The van der Waals surface area contributed by atoms with Crippen molar-refractivity contribution >= 4 is 32.7 Å². The molecule has 0 atom stereocenters. The molecule has 0 bridgehead atoms. The second kappa shape index (κ2) is 5.02. The molecular weight excluding hydrogens is 183 g/mol. The summed E-state index contributed by atoms with van der Waals surface area (Å²) in [6, 6.07) is 0. The van der Waals surface area contributed by atoms with Crippen LogP contribution in [0.15, 0.2) is 0 Å². The molecule has 5 radical (unpaired) electrons. The Bertz CT molecular complexity index is 11.6. The van der Waals surface area contributed by atoms with Crippen LogP contribution in [0.25, 0.3) is 0 Å². The van der Waals surface area contributed by atoms with Crippen molar-refractivity contribution in [2.24, 2.45) is 0 Å². The van der Waals surface area contributed by atoms with Crippen molar-refractivity contribution in [1.82, 2.24) is 0 Å². The van der Waals surface area contributed by atoms with Crippen LogP contribution in [0.2, 0.25) is 19.6 Å². The smallest absolute Gasteiger partial charge is 0.0379 e. The first kappa shape index (κ1) is 9.38. The molecule has 2 heteroatoms. The van der Waals surface area contributed by atoms with E-state index in [1.807, 2.05) is 0 Å². The van der Waals surface area contributed by atoms with E-state index in [0.29, 0.717) is 0 Å². The van der Waals surface area contributed by atoms with E-state index in [4.69, 9.17) is 0 Å². The van der Waals surface area contributed by atoms with Crippen molar-refractivity contribution in [3.05, 3.63) is 0 Å². The van der Waals surface area contributed by atoms with Gasteiger partial charge >= 0.3 is 0 Å². The quantitative estimate of drug-likeness (QED) is 0.502. The van der Waals surface area contributed by atoms with Gasteiger partial charge in [0.15, 0.2) is 0 Å². The summed E-state index contributed by atoms with van der Waals surface area (Å²) in [4.78, 5) is 0. The Morgan fingerprint density at radius 2 is 1.00 bits per heavy atom. The molecule has 0 aliphatic heterocycles. The molecule has 29 valence electrons. The maximum atomic E-state index is 2.27. The molecule has 0 nitrogen and oxygen atoms in total. The van der Waals surface area contributed by atoms with Gasteiger partial charge < -0.3 is 0 Å². The van der Waals surface area contributed by atoms with Gasteiger partial charge in [-0.2, -0.15) is 0 Å².